The summed E-state index contributed by atoms with van der Waals surface area (Å²) >= 11 is 1.71. The molecule has 1 saturated heterocycles. The Morgan fingerprint density at radius 2 is 2.04 bits per heavy atom. The molecule has 0 radical (unpaired) electrons. The molecule has 0 bridgehead atoms. The van der Waals surface area contributed by atoms with Crippen LogP contribution in [0.1, 0.15) is 53.1 Å². The summed E-state index contributed by atoms with van der Waals surface area (Å²) < 4.78 is 0. The lowest BCUT2D eigenvalue weighted by atomic mass is 9.76. The molecule has 4 rings (SSSR count). The van der Waals surface area contributed by atoms with Crippen LogP contribution in [0.4, 0.5) is 5.69 Å². The first-order valence-electron chi connectivity index (χ1n) is 10.2. The fourth-order valence-corrected chi connectivity index (χ4v) is 5.75. The number of nitrogens with zero attached hydrogens (tertiary/aromatic N) is 2. The van der Waals surface area contributed by atoms with Gasteiger partial charge in [0.2, 0.25) is 0 Å². The van der Waals surface area contributed by atoms with Crippen LogP contribution in [0, 0.1) is 5.41 Å². The van der Waals surface area contributed by atoms with Crippen LogP contribution in [0.2, 0.25) is 0 Å². The van der Waals surface area contributed by atoms with Gasteiger partial charge in [0.15, 0.2) is 0 Å². The summed E-state index contributed by atoms with van der Waals surface area (Å²) in [6.07, 6.45) is 4.22. The Labute approximate surface area is 171 Å². The van der Waals surface area contributed by atoms with Gasteiger partial charge in [0, 0.05) is 35.1 Å². The molecule has 2 heterocycles. The van der Waals surface area contributed by atoms with Crippen LogP contribution in [0.25, 0.3) is 10.4 Å². The third-order valence-corrected chi connectivity index (χ3v) is 7.36. The first-order chi connectivity index (χ1) is 13.2. The Hall–Kier alpha value is -1.85. The van der Waals surface area contributed by atoms with E-state index in [4.69, 9.17) is 0 Å². The maximum absolute atomic E-state index is 12.3. The monoisotopic (exact) mass is 398 g/mol. The minimum atomic E-state index is -0.784. The highest BCUT2D eigenvalue weighted by Gasteiger charge is 2.33. The van der Waals surface area contributed by atoms with E-state index in [-0.39, 0.29) is 5.41 Å². The second-order valence-corrected chi connectivity index (χ2v) is 10.4. The average molecular weight is 399 g/mol. The van der Waals surface area contributed by atoms with Crippen molar-refractivity contribution < 1.29 is 9.90 Å². The van der Waals surface area contributed by atoms with E-state index in [0.29, 0.717) is 5.56 Å². The molecular weight excluding hydrogens is 368 g/mol. The molecule has 2 aliphatic rings. The summed E-state index contributed by atoms with van der Waals surface area (Å²) in [5, 5.41) is 10.1. The molecule has 2 aromatic rings. The van der Waals surface area contributed by atoms with E-state index < -0.39 is 5.97 Å². The number of hydrogen-bond acceptors (Lipinski definition) is 4. The first kappa shape index (κ1) is 19.5. The number of fused-ring (bicyclic) bond motifs is 1. The fraction of sp³-hybridized carbons (Fsp3) is 0.522. The molecule has 0 saturated carbocycles. The van der Waals surface area contributed by atoms with Crippen molar-refractivity contribution in [2.45, 2.75) is 46.1 Å². The number of carbonyl (C=O) groups is 1. The predicted molar refractivity (Wildman–Crippen MR) is 117 cm³/mol. The van der Waals surface area contributed by atoms with Gasteiger partial charge < -0.3 is 14.9 Å². The smallest absolute Gasteiger partial charge is 0.337 e. The first-order valence-corrected chi connectivity index (χ1v) is 11.0. The van der Waals surface area contributed by atoms with Crippen molar-refractivity contribution in [3.05, 3.63) is 39.8 Å². The standard InChI is InChI=1S/C23H30N2O2S/c1-23(2)9-8-19-18(13-23)20(22(26)27)21(28-19)17-7-6-16(25-10-5-11-25)12-15(17)14-24(3)4/h6-7,12H,5,8-11,13-14H2,1-4H3,(H,26,27). The summed E-state index contributed by atoms with van der Waals surface area (Å²) in [4.78, 5) is 19.1. The highest BCUT2D eigenvalue weighted by molar-refractivity contribution is 7.16. The number of benzene rings is 1. The van der Waals surface area contributed by atoms with Crippen LogP contribution in [-0.2, 0) is 19.4 Å². The molecule has 1 aromatic heterocycles. The molecule has 150 valence electrons. The van der Waals surface area contributed by atoms with Gasteiger partial charge in [-0.1, -0.05) is 19.9 Å². The van der Waals surface area contributed by atoms with Crippen LogP contribution >= 0.6 is 11.3 Å². The Balaban J connectivity index is 1.84. The van der Waals surface area contributed by atoms with Gasteiger partial charge in [-0.15, -0.1) is 11.3 Å². The molecule has 1 aliphatic heterocycles. The second-order valence-electron chi connectivity index (χ2n) is 9.27. The zero-order valence-electron chi connectivity index (χ0n) is 17.3. The molecule has 5 heteroatoms. The normalized spacial score (nSPS) is 18.1. The molecule has 0 spiro atoms. The van der Waals surface area contributed by atoms with E-state index in [1.807, 2.05) is 0 Å². The number of carboxylic acids is 1. The predicted octanol–water partition coefficient (Wildman–Crippen LogP) is 4.90. The van der Waals surface area contributed by atoms with Gasteiger partial charge in [-0.25, -0.2) is 4.79 Å². The van der Waals surface area contributed by atoms with Crippen LogP contribution in [0.15, 0.2) is 18.2 Å². The molecule has 1 aliphatic carbocycles. The maximum Gasteiger partial charge on any atom is 0.337 e. The molecule has 0 amide bonds. The Bertz CT molecular complexity index is 910. The summed E-state index contributed by atoms with van der Waals surface area (Å²) in [5.41, 5.74) is 5.35. The Kier molecular flexibility index (Phi) is 5.00. The molecule has 1 fully saturated rings. The fourth-order valence-electron chi connectivity index (χ4n) is 4.38. The lowest BCUT2D eigenvalue weighted by Gasteiger charge is -2.34. The quantitative estimate of drug-likeness (QED) is 0.778. The van der Waals surface area contributed by atoms with Crippen molar-refractivity contribution in [3.8, 4) is 10.4 Å². The number of thiophene rings is 1. The SMILES string of the molecule is CN(C)Cc1cc(N2CCC2)ccc1-c1sc2c(c1C(=O)O)CC(C)(C)CC2. The minimum Gasteiger partial charge on any atom is -0.478 e. The summed E-state index contributed by atoms with van der Waals surface area (Å²) in [6.45, 7) is 7.54. The second kappa shape index (κ2) is 7.20. The minimum absolute atomic E-state index is 0.170. The highest BCUT2D eigenvalue weighted by atomic mass is 32.1. The van der Waals surface area contributed by atoms with Crippen molar-refractivity contribution in [3.63, 3.8) is 0 Å². The van der Waals surface area contributed by atoms with Crippen molar-refractivity contribution in [2.75, 3.05) is 32.1 Å². The average Bonchev–Trinajstić information content (AvgIpc) is 2.90. The van der Waals surface area contributed by atoms with Crippen molar-refractivity contribution >= 4 is 23.0 Å². The number of carboxylic acid groups (broad SMARTS) is 1. The van der Waals surface area contributed by atoms with E-state index >= 15 is 0 Å². The number of rotatable bonds is 5. The molecular formula is C23H30N2O2S. The third kappa shape index (κ3) is 3.58. The van der Waals surface area contributed by atoms with Crippen LogP contribution in [-0.4, -0.2) is 43.2 Å². The molecule has 28 heavy (non-hydrogen) atoms. The number of aryl methyl sites for hydroxylation is 1. The van der Waals surface area contributed by atoms with E-state index in [2.05, 4.69) is 55.9 Å². The Morgan fingerprint density at radius 1 is 1.29 bits per heavy atom. The zero-order chi connectivity index (χ0) is 20.1. The van der Waals surface area contributed by atoms with Crippen LogP contribution < -0.4 is 4.90 Å². The van der Waals surface area contributed by atoms with Crippen LogP contribution in [0.3, 0.4) is 0 Å². The van der Waals surface area contributed by atoms with E-state index in [9.17, 15) is 9.90 Å². The third-order valence-electron chi connectivity index (χ3n) is 6.03. The van der Waals surface area contributed by atoms with Gasteiger partial charge in [-0.05, 0) is 74.0 Å². The van der Waals surface area contributed by atoms with Crippen LogP contribution in [0.5, 0.6) is 0 Å². The van der Waals surface area contributed by atoms with E-state index in [1.54, 1.807) is 11.3 Å². The van der Waals surface area contributed by atoms with Gasteiger partial charge >= 0.3 is 5.97 Å². The lowest BCUT2D eigenvalue weighted by Crippen LogP contribution is -2.37. The molecule has 0 atom stereocenters. The van der Waals surface area contributed by atoms with Crippen molar-refractivity contribution in [1.82, 2.24) is 4.90 Å². The van der Waals surface area contributed by atoms with Gasteiger partial charge in [0.05, 0.1) is 5.56 Å². The maximum atomic E-state index is 12.3. The Morgan fingerprint density at radius 3 is 2.64 bits per heavy atom. The van der Waals surface area contributed by atoms with Gasteiger partial charge in [0.1, 0.15) is 0 Å². The molecule has 1 N–H and O–H groups in total. The highest BCUT2D eigenvalue weighted by Crippen LogP contribution is 2.46. The topological polar surface area (TPSA) is 43.8 Å². The van der Waals surface area contributed by atoms with Crippen molar-refractivity contribution in [1.29, 1.82) is 0 Å². The largest absolute Gasteiger partial charge is 0.478 e. The van der Waals surface area contributed by atoms with E-state index in [0.717, 1.165) is 54.9 Å². The van der Waals surface area contributed by atoms with Gasteiger partial charge in [-0.2, -0.15) is 0 Å². The van der Waals surface area contributed by atoms with Gasteiger partial charge in [-0.3, -0.25) is 0 Å². The molecule has 0 unspecified atom stereocenters. The van der Waals surface area contributed by atoms with Gasteiger partial charge in [0.25, 0.3) is 0 Å². The number of hydrogen-bond donors (Lipinski definition) is 1. The summed E-state index contributed by atoms with van der Waals surface area (Å²) in [6, 6.07) is 6.59. The van der Waals surface area contributed by atoms with E-state index in [1.165, 1.54) is 22.5 Å². The number of aromatic carboxylic acids is 1. The summed E-state index contributed by atoms with van der Waals surface area (Å²) in [5.74, 6) is -0.784. The zero-order valence-corrected chi connectivity index (χ0v) is 18.2. The van der Waals surface area contributed by atoms with Crippen molar-refractivity contribution in [2.24, 2.45) is 5.41 Å². The molecule has 4 nitrogen and oxygen atoms in total. The summed E-state index contributed by atoms with van der Waals surface area (Å²) in [7, 11) is 4.14. The molecule has 1 aromatic carbocycles. The lowest BCUT2D eigenvalue weighted by molar-refractivity contribution is 0.0696. The number of anilines is 1.